The van der Waals surface area contributed by atoms with Gasteiger partial charge in [-0.15, -0.1) is 0 Å². The van der Waals surface area contributed by atoms with Crippen LogP contribution < -0.4 is 0 Å². The Labute approximate surface area is 188 Å². The summed E-state index contributed by atoms with van der Waals surface area (Å²) in [5, 5.41) is 0. The van der Waals surface area contributed by atoms with Crippen LogP contribution in [0.25, 0.3) is 11.1 Å². The van der Waals surface area contributed by atoms with Gasteiger partial charge in [0.1, 0.15) is 0 Å². The van der Waals surface area contributed by atoms with Gasteiger partial charge < -0.3 is 4.74 Å². The van der Waals surface area contributed by atoms with Crippen molar-refractivity contribution in [1.29, 1.82) is 0 Å². The average Bonchev–Trinajstić information content (AvgIpc) is 2.83. The number of methoxy groups -OCH3 is 1. The highest BCUT2D eigenvalue weighted by Gasteiger charge is 2.20. The van der Waals surface area contributed by atoms with Crippen molar-refractivity contribution < 1.29 is 9.13 Å². The fraction of sp³-hybridized carbons (Fsp3) is 0.517. The van der Waals surface area contributed by atoms with Gasteiger partial charge in [-0.2, -0.15) is 0 Å². The Hall–Kier alpha value is -1.93. The molecule has 0 saturated heterocycles. The summed E-state index contributed by atoms with van der Waals surface area (Å²) in [7, 11) is 1.75. The lowest BCUT2D eigenvalue weighted by molar-refractivity contribution is 0.119. The van der Waals surface area contributed by atoms with Gasteiger partial charge in [-0.1, -0.05) is 86.4 Å². The summed E-state index contributed by atoms with van der Waals surface area (Å²) >= 11 is 0. The average molecular weight is 423 g/mol. The van der Waals surface area contributed by atoms with E-state index in [0.29, 0.717) is 6.42 Å². The van der Waals surface area contributed by atoms with Crippen LogP contribution in [0.15, 0.2) is 60.7 Å². The first-order chi connectivity index (χ1) is 15.2. The van der Waals surface area contributed by atoms with Gasteiger partial charge >= 0.3 is 0 Å². The molecule has 2 heteroatoms. The highest BCUT2D eigenvalue weighted by molar-refractivity contribution is 5.64. The number of rotatable bonds is 11. The van der Waals surface area contributed by atoms with Crippen LogP contribution >= 0.6 is 0 Å². The minimum Gasteiger partial charge on any atom is -0.377 e. The van der Waals surface area contributed by atoms with E-state index in [0.717, 1.165) is 18.3 Å². The van der Waals surface area contributed by atoms with Crippen molar-refractivity contribution in [3.8, 4) is 11.1 Å². The molecule has 1 saturated carbocycles. The SMILES string of the molecule is COC(C)c1ccc(-c2ccc(CCC3CCC(CCC=CCCF)CC3)cc2)cc1. The third-order valence-corrected chi connectivity index (χ3v) is 7.01. The second-order valence-electron chi connectivity index (χ2n) is 9.15. The van der Waals surface area contributed by atoms with Gasteiger partial charge in [-0.05, 0) is 73.1 Å². The van der Waals surface area contributed by atoms with Gasteiger partial charge in [-0.3, -0.25) is 4.39 Å². The molecule has 1 atom stereocenters. The molecule has 2 aromatic rings. The normalized spacial score (nSPS) is 20.2. The van der Waals surface area contributed by atoms with Crippen LogP contribution in [-0.2, 0) is 11.2 Å². The molecule has 168 valence electrons. The van der Waals surface area contributed by atoms with E-state index in [1.807, 2.05) is 6.08 Å². The minimum atomic E-state index is -0.231. The zero-order valence-electron chi connectivity index (χ0n) is 19.4. The zero-order valence-corrected chi connectivity index (χ0v) is 19.4. The number of hydrogen-bond acceptors (Lipinski definition) is 1. The molecule has 0 radical (unpaired) electrons. The third kappa shape index (κ3) is 7.61. The highest BCUT2D eigenvalue weighted by atomic mass is 19.1. The molecule has 1 nitrogen and oxygen atoms in total. The largest absolute Gasteiger partial charge is 0.377 e. The van der Waals surface area contributed by atoms with Gasteiger partial charge in [0.25, 0.3) is 0 Å². The van der Waals surface area contributed by atoms with E-state index in [1.54, 1.807) is 7.11 Å². The number of alkyl halides is 1. The van der Waals surface area contributed by atoms with Crippen molar-refractivity contribution >= 4 is 0 Å². The first-order valence-electron chi connectivity index (χ1n) is 12.1. The maximum Gasteiger partial charge on any atom is 0.0928 e. The Bertz CT molecular complexity index is 769. The molecule has 0 aliphatic heterocycles. The molecule has 3 rings (SSSR count). The molecule has 1 fully saturated rings. The van der Waals surface area contributed by atoms with E-state index in [9.17, 15) is 4.39 Å². The maximum absolute atomic E-state index is 12.1. The Morgan fingerprint density at radius 3 is 1.97 bits per heavy atom. The van der Waals surface area contributed by atoms with Crippen molar-refractivity contribution in [3.05, 3.63) is 71.8 Å². The molecule has 1 unspecified atom stereocenters. The molecule has 0 aromatic heterocycles. The standard InChI is InChI=1S/C29H39FO/c1-23(31-2)27-18-20-29(21-19-27)28-16-14-26(15-17-28)13-12-25-10-8-24(9-11-25)7-5-3-4-6-22-30/h3-4,14-21,23-25H,5-13,22H2,1-2H3. The maximum atomic E-state index is 12.1. The number of halogens is 1. The summed E-state index contributed by atoms with van der Waals surface area (Å²) in [6.45, 7) is 1.84. The van der Waals surface area contributed by atoms with Gasteiger partial charge in [-0.25, -0.2) is 0 Å². The van der Waals surface area contributed by atoms with Crippen LogP contribution in [0.4, 0.5) is 4.39 Å². The molecular formula is C29H39FO. The monoisotopic (exact) mass is 422 g/mol. The van der Waals surface area contributed by atoms with Crippen molar-refractivity contribution in [1.82, 2.24) is 0 Å². The molecular weight excluding hydrogens is 383 g/mol. The van der Waals surface area contributed by atoms with Crippen molar-refractivity contribution in [2.24, 2.45) is 11.8 Å². The topological polar surface area (TPSA) is 9.23 Å². The van der Waals surface area contributed by atoms with E-state index >= 15 is 0 Å². The second-order valence-corrected chi connectivity index (χ2v) is 9.15. The summed E-state index contributed by atoms with van der Waals surface area (Å²) in [5.74, 6) is 1.76. The molecule has 1 aliphatic rings. The van der Waals surface area contributed by atoms with E-state index in [2.05, 4.69) is 61.5 Å². The van der Waals surface area contributed by atoms with Gasteiger partial charge in [0.05, 0.1) is 12.8 Å². The molecule has 0 bridgehead atoms. The Morgan fingerprint density at radius 2 is 1.39 bits per heavy atom. The van der Waals surface area contributed by atoms with Gasteiger partial charge in [0.2, 0.25) is 0 Å². The summed E-state index contributed by atoms with van der Waals surface area (Å²) in [6, 6.07) is 17.8. The smallest absolute Gasteiger partial charge is 0.0928 e. The van der Waals surface area contributed by atoms with Crippen LogP contribution in [0.2, 0.25) is 0 Å². The van der Waals surface area contributed by atoms with Gasteiger partial charge in [0.15, 0.2) is 0 Å². The van der Waals surface area contributed by atoms with Crippen molar-refractivity contribution in [2.75, 3.05) is 13.8 Å². The fourth-order valence-electron chi connectivity index (χ4n) is 4.76. The molecule has 2 aromatic carbocycles. The Morgan fingerprint density at radius 1 is 0.839 bits per heavy atom. The number of aryl methyl sites for hydroxylation is 1. The van der Waals surface area contributed by atoms with Crippen LogP contribution in [0.1, 0.15) is 75.5 Å². The minimum absolute atomic E-state index is 0.135. The van der Waals surface area contributed by atoms with Crippen LogP contribution in [0.3, 0.4) is 0 Å². The molecule has 0 spiro atoms. The predicted octanol–water partition coefficient (Wildman–Crippen LogP) is 8.50. The molecule has 0 N–H and O–H groups in total. The lowest BCUT2D eigenvalue weighted by Gasteiger charge is -2.28. The van der Waals surface area contributed by atoms with Crippen molar-refractivity contribution in [2.45, 2.75) is 70.8 Å². The molecule has 1 aliphatic carbocycles. The van der Waals surface area contributed by atoms with E-state index in [4.69, 9.17) is 4.74 Å². The van der Waals surface area contributed by atoms with Crippen LogP contribution in [0, 0.1) is 11.8 Å². The Kier molecular flexibility index (Phi) is 9.81. The first-order valence-corrected chi connectivity index (χ1v) is 12.1. The number of hydrogen-bond donors (Lipinski definition) is 0. The first kappa shape index (κ1) is 23.7. The summed E-state index contributed by atoms with van der Waals surface area (Å²) in [4.78, 5) is 0. The predicted molar refractivity (Wildman–Crippen MR) is 130 cm³/mol. The number of benzene rings is 2. The number of ether oxygens (including phenoxy) is 1. The molecule has 31 heavy (non-hydrogen) atoms. The quantitative estimate of drug-likeness (QED) is 0.330. The Balaban J connectivity index is 1.40. The highest BCUT2D eigenvalue weighted by Crippen LogP contribution is 2.34. The van der Waals surface area contributed by atoms with Crippen molar-refractivity contribution in [3.63, 3.8) is 0 Å². The number of allylic oxidation sites excluding steroid dienone is 2. The lowest BCUT2D eigenvalue weighted by Crippen LogP contribution is -2.15. The van der Waals surface area contributed by atoms with E-state index in [1.165, 1.54) is 67.2 Å². The van der Waals surface area contributed by atoms with E-state index < -0.39 is 0 Å². The lowest BCUT2D eigenvalue weighted by atomic mass is 9.78. The summed E-state index contributed by atoms with van der Waals surface area (Å²) < 4.78 is 17.5. The van der Waals surface area contributed by atoms with Crippen LogP contribution in [-0.4, -0.2) is 13.8 Å². The fourth-order valence-corrected chi connectivity index (χ4v) is 4.76. The molecule has 0 amide bonds. The van der Waals surface area contributed by atoms with Crippen LogP contribution in [0.5, 0.6) is 0 Å². The molecule has 0 heterocycles. The summed E-state index contributed by atoms with van der Waals surface area (Å²) in [5.41, 5.74) is 5.21. The zero-order chi connectivity index (χ0) is 21.9. The van der Waals surface area contributed by atoms with E-state index in [-0.39, 0.29) is 12.8 Å². The second kappa shape index (κ2) is 12.8. The summed E-state index contributed by atoms with van der Waals surface area (Å²) in [6.07, 6.45) is 15.3. The third-order valence-electron chi connectivity index (χ3n) is 7.01. The van der Waals surface area contributed by atoms with Gasteiger partial charge in [0, 0.05) is 7.11 Å².